The van der Waals surface area contributed by atoms with Crippen molar-refractivity contribution in [3.8, 4) is 0 Å². The van der Waals surface area contributed by atoms with Crippen molar-refractivity contribution in [3.63, 3.8) is 0 Å². The molecule has 0 aliphatic rings. The van der Waals surface area contributed by atoms with E-state index in [4.69, 9.17) is 23.8 Å². The van der Waals surface area contributed by atoms with Gasteiger partial charge in [0.2, 0.25) is 0 Å². The van der Waals surface area contributed by atoms with Gasteiger partial charge in [-0.15, -0.1) is 11.3 Å². The number of nitrogens with one attached hydrogen (secondary N) is 3. The molecule has 0 fully saturated rings. The van der Waals surface area contributed by atoms with E-state index in [9.17, 15) is 0 Å². The molecule has 0 saturated heterocycles. The molecule has 21 heavy (non-hydrogen) atoms. The number of para-hydroxylation sites is 1. The summed E-state index contributed by atoms with van der Waals surface area (Å²) in [6.45, 7) is 0.777. The van der Waals surface area contributed by atoms with Crippen LogP contribution in [0.15, 0.2) is 41.8 Å². The molecule has 3 N–H and O–H groups in total. The molecule has 0 saturated carbocycles. The van der Waals surface area contributed by atoms with Crippen molar-refractivity contribution < 1.29 is 4.90 Å². The minimum Gasteiger partial charge on any atom is -0.356 e. The predicted molar refractivity (Wildman–Crippen MR) is 95.5 cm³/mol. The van der Waals surface area contributed by atoms with Gasteiger partial charge < -0.3 is 15.5 Å². The topological polar surface area (TPSA) is 28.5 Å². The number of halogens is 1. The van der Waals surface area contributed by atoms with Gasteiger partial charge in [-0.2, -0.15) is 0 Å². The van der Waals surface area contributed by atoms with Crippen LogP contribution in [0.4, 0.5) is 5.69 Å². The zero-order valence-corrected chi connectivity index (χ0v) is 14.4. The lowest BCUT2D eigenvalue weighted by atomic mass is 10.2. The Morgan fingerprint density at radius 2 is 2.05 bits per heavy atom. The van der Waals surface area contributed by atoms with E-state index in [2.05, 4.69) is 42.2 Å². The summed E-state index contributed by atoms with van der Waals surface area (Å²) < 4.78 is 0. The molecule has 1 heterocycles. The van der Waals surface area contributed by atoms with E-state index in [-0.39, 0.29) is 0 Å². The first-order valence-corrected chi connectivity index (χ1v) is 8.37. The Hall–Kier alpha value is -1.14. The second-order valence-corrected chi connectivity index (χ2v) is 6.75. The first kappa shape index (κ1) is 16.2. The highest BCUT2D eigenvalue weighted by Crippen LogP contribution is 2.20. The van der Waals surface area contributed by atoms with Gasteiger partial charge in [-0.25, -0.2) is 0 Å². The predicted octanol–water partition coefficient (Wildman–Crippen LogP) is 2.57. The highest BCUT2D eigenvalue weighted by Gasteiger charge is 2.18. The molecule has 0 aliphatic carbocycles. The minimum atomic E-state index is 0.371. The fraction of sp³-hybridized carbons (Fsp3) is 0.267. The van der Waals surface area contributed by atoms with Crippen molar-refractivity contribution in [1.29, 1.82) is 0 Å². The summed E-state index contributed by atoms with van der Waals surface area (Å²) in [7, 11) is 4.30. The summed E-state index contributed by atoms with van der Waals surface area (Å²) in [5.41, 5.74) is 0.821. The standard InChI is InChI=1S/C15H18ClN3S2/c1-19(2)13(14-8-5-9-21-14)10-17-15(20)18-12-7-4-3-6-11(12)16/h3-9,13H,10H2,1-2H3,(H2,17,18,20)/p+1/t13-/m0/s1. The lowest BCUT2D eigenvalue weighted by molar-refractivity contribution is -0.890. The third kappa shape index (κ3) is 4.68. The van der Waals surface area contributed by atoms with Gasteiger partial charge in [0.25, 0.3) is 0 Å². The number of quaternary nitrogens is 1. The molecule has 0 bridgehead atoms. The Kier molecular flexibility index (Phi) is 5.99. The zero-order valence-electron chi connectivity index (χ0n) is 12.0. The molecule has 112 valence electrons. The molecule has 6 heteroatoms. The fourth-order valence-electron chi connectivity index (χ4n) is 2.00. The number of thiocarbonyl (C=S) groups is 1. The van der Waals surface area contributed by atoms with E-state index in [1.165, 1.54) is 9.78 Å². The molecular weight excluding hydrogens is 322 g/mol. The highest BCUT2D eigenvalue weighted by atomic mass is 35.5. The van der Waals surface area contributed by atoms with E-state index < -0.39 is 0 Å². The van der Waals surface area contributed by atoms with Crippen LogP contribution in [0, 0.1) is 0 Å². The monoisotopic (exact) mass is 340 g/mol. The Balaban J connectivity index is 1.92. The first-order chi connectivity index (χ1) is 10.1. The van der Waals surface area contributed by atoms with Crippen LogP contribution in [0.1, 0.15) is 10.9 Å². The van der Waals surface area contributed by atoms with Gasteiger partial charge in [0.15, 0.2) is 5.11 Å². The van der Waals surface area contributed by atoms with Crippen LogP contribution in [-0.4, -0.2) is 25.8 Å². The van der Waals surface area contributed by atoms with Crippen LogP contribution in [0.3, 0.4) is 0 Å². The Bertz CT molecular complexity index is 584. The normalized spacial score (nSPS) is 12.2. The maximum Gasteiger partial charge on any atom is 0.171 e. The van der Waals surface area contributed by atoms with Gasteiger partial charge in [-0.3, -0.25) is 0 Å². The van der Waals surface area contributed by atoms with Crippen molar-refractivity contribution in [1.82, 2.24) is 5.32 Å². The number of hydrogen-bond donors (Lipinski definition) is 3. The summed E-state index contributed by atoms with van der Waals surface area (Å²) in [6.07, 6.45) is 0. The van der Waals surface area contributed by atoms with Crippen molar-refractivity contribution in [2.24, 2.45) is 0 Å². The molecule has 1 aromatic heterocycles. The number of likely N-dealkylation sites (N-methyl/N-ethyl adjacent to an activating group) is 1. The Morgan fingerprint density at radius 1 is 1.29 bits per heavy atom. The van der Waals surface area contributed by atoms with E-state index in [1.807, 2.05) is 24.3 Å². The number of benzene rings is 1. The molecular formula is C15H19ClN3S2+. The molecule has 1 aromatic carbocycles. The van der Waals surface area contributed by atoms with E-state index in [0.717, 1.165) is 12.2 Å². The van der Waals surface area contributed by atoms with Crippen LogP contribution in [0.2, 0.25) is 5.02 Å². The molecule has 2 rings (SSSR count). The summed E-state index contributed by atoms with van der Waals surface area (Å²) >= 11 is 13.2. The molecule has 0 radical (unpaired) electrons. The fourth-order valence-corrected chi connectivity index (χ4v) is 3.33. The molecule has 1 atom stereocenters. The number of rotatable bonds is 5. The molecule has 2 aromatic rings. The van der Waals surface area contributed by atoms with Gasteiger partial charge in [0.05, 0.1) is 36.2 Å². The van der Waals surface area contributed by atoms with Crippen LogP contribution >= 0.6 is 35.2 Å². The van der Waals surface area contributed by atoms with E-state index in [1.54, 1.807) is 11.3 Å². The minimum absolute atomic E-state index is 0.371. The Morgan fingerprint density at radius 3 is 2.67 bits per heavy atom. The SMILES string of the molecule is C[NH+](C)[C@@H](CNC(=S)Nc1ccccc1Cl)c1cccs1. The van der Waals surface area contributed by atoms with Gasteiger partial charge in [-0.1, -0.05) is 29.8 Å². The largest absolute Gasteiger partial charge is 0.356 e. The van der Waals surface area contributed by atoms with Crippen molar-refractivity contribution in [3.05, 3.63) is 51.7 Å². The van der Waals surface area contributed by atoms with E-state index in [0.29, 0.717) is 16.2 Å². The number of hydrogen-bond acceptors (Lipinski definition) is 2. The second kappa shape index (κ2) is 7.75. The van der Waals surface area contributed by atoms with Crippen molar-refractivity contribution >= 4 is 46.0 Å². The summed E-state index contributed by atoms with van der Waals surface area (Å²) in [5.74, 6) is 0. The third-order valence-electron chi connectivity index (χ3n) is 3.17. The quantitative estimate of drug-likeness (QED) is 0.731. The second-order valence-electron chi connectivity index (χ2n) is 4.96. The van der Waals surface area contributed by atoms with Gasteiger partial charge >= 0.3 is 0 Å². The van der Waals surface area contributed by atoms with Crippen molar-refractivity contribution in [2.75, 3.05) is 26.0 Å². The average Bonchev–Trinajstić information content (AvgIpc) is 2.95. The third-order valence-corrected chi connectivity index (χ3v) is 4.73. The smallest absolute Gasteiger partial charge is 0.171 e. The summed E-state index contributed by atoms with van der Waals surface area (Å²) in [5, 5.41) is 9.76. The molecule has 3 nitrogen and oxygen atoms in total. The lowest BCUT2D eigenvalue weighted by Crippen LogP contribution is -3.06. The lowest BCUT2D eigenvalue weighted by Gasteiger charge is -2.21. The molecule has 0 amide bonds. The maximum absolute atomic E-state index is 6.11. The highest BCUT2D eigenvalue weighted by molar-refractivity contribution is 7.80. The number of thiophene rings is 1. The molecule has 0 spiro atoms. The number of anilines is 1. The summed E-state index contributed by atoms with van der Waals surface area (Å²) in [6, 6.07) is 12.2. The van der Waals surface area contributed by atoms with Crippen molar-refractivity contribution in [2.45, 2.75) is 6.04 Å². The average molecular weight is 341 g/mol. The van der Waals surface area contributed by atoms with E-state index >= 15 is 0 Å². The maximum atomic E-state index is 6.11. The van der Waals surface area contributed by atoms with Gasteiger partial charge in [-0.05, 0) is 35.8 Å². The Labute approximate surface area is 139 Å². The van der Waals surface area contributed by atoms with Crippen LogP contribution in [0.25, 0.3) is 0 Å². The van der Waals surface area contributed by atoms with Gasteiger partial charge in [0, 0.05) is 0 Å². The van der Waals surface area contributed by atoms with Crippen LogP contribution < -0.4 is 15.5 Å². The zero-order chi connectivity index (χ0) is 15.2. The molecule has 0 aliphatic heterocycles. The van der Waals surface area contributed by atoms with Gasteiger partial charge in [0.1, 0.15) is 6.04 Å². The molecule has 0 unspecified atom stereocenters. The first-order valence-electron chi connectivity index (χ1n) is 6.70. The van der Waals surface area contributed by atoms with Crippen LogP contribution in [0.5, 0.6) is 0 Å². The summed E-state index contributed by atoms with van der Waals surface area (Å²) in [4.78, 5) is 2.72. The van der Waals surface area contributed by atoms with Crippen LogP contribution in [-0.2, 0) is 0 Å².